The summed E-state index contributed by atoms with van der Waals surface area (Å²) in [6.45, 7) is 10.5. The SMILES string of the molecule is C=C(C)C(=O)OCC(=O)OC1CCN(C(=O)OC(C)(C)C)C1. The molecule has 0 aliphatic carbocycles. The van der Waals surface area contributed by atoms with Crippen LogP contribution in [-0.4, -0.2) is 54.3 Å². The van der Waals surface area contributed by atoms with Crippen molar-refractivity contribution in [2.75, 3.05) is 19.7 Å². The minimum atomic E-state index is -0.648. The number of carbonyl (C=O) groups is 3. The van der Waals surface area contributed by atoms with Crippen molar-refractivity contribution in [3.8, 4) is 0 Å². The summed E-state index contributed by atoms with van der Waals surface area (Å²) in [5.74, 6) is -1.29. The van der Waals surface area contributed by atoms with E-state index in [1.165, 1.54) is 11.8 Å². The van der Waals surface area contributed by atoms with E-state index in [0.29, 0.717) is 13.0 Å². The van der Waals surface area contributed by atoms with Gasteiger partial charge in [0.1, 0.15) is 11.7 Å². The normalized spacial score (nSPS) is 17.8. The maximum Gasteiger partial charge on any atom is 0.410 e. The molecule has 0 saturated carbocycles. The Hall–Kier alpha value is -2.05. The maximum atomic E-state index is 11.9. The van der Waals surface area contributed by atoms with Crippen LogP contribution in [0.5, 0.6) is 0 Å². The van der Waals surface area contributed by atoms with Crippen LogP contribution >= 0.6 is 0 Å². The Kier molecular flexibility index (Phi) is 5.96. The van der Waals surface area contributed by atoms with Crippen molar-refractivity contribution in [3.63, 3.8) is 0 Å². The van der Waals surface area contributed by atoms with Crippen LogP contribution in [-0.2, 0) is 23.8 Å². The third kappa shape index (κ3) is 6.15. The lowest BCUT2D eigenvalue weighted by Gasteiger charge is -2.24. The van der Waals surface area contributed by atoms with E-state index in [-0.39, 0.29) is 12.1 Å². The van der Waals surface area contributed by atoms with Crippen molar-refractivity contribution >= 4 is 18.0 Å². The molecule has 1 fully saturated rings. The van der Waals surface area contributed by atoms with Crippen molar-refractivity contribution in [1.82, 2.24) is 4.90 Å². The van der Waals surface area contributed by atoms with Crippen LogP contribution in [0, 0.1) is 0 Å². The van der Waals surface area contributed by atoms with Crippen molar-refractivity contribution in [2.45, 2.75) is 45.8 Å². The molecule has 1 aliphatic rings. The average molecular weight is 313 g/mol. The number of rotatable bonds is 4. The van der Waals surface area contributed by atoms with E-state index in [1.807, 2.05) is 0 Å². The number of nitrogens with zero attached hydrogens (tertiary/aromatic N) is 1. The lowest BCUT2D eigenvalue weighted by atomic mass is 10.2. The number of carbonyl (C=O) groups excluding carboxylic acids is 3. The Bertz CT molecular complexity index is 465. The van der Waals surface area contributed by atoms with Gasteiger partial charge in [-0.15, -0.1) is 0 Å². The predicted molar refractivity (Wildman–Crippen MR) is 78.1 cm³/mol. The first-order valence-corrected chi connectivity index (χ1v) is 7.08. The summed E-state index contributed by atoms with van der Waals surface area (Å²) in [5, 5.41) is 0. The molecule has 22 heavy (non-hydrogen) atoms. The molecule has 0 aromatic rings. The Balaban J connectivity index is 2.35. The smallest absolute Gasteiger partial charge is 0.410 e. The van der Waals surface area contributed by atoms with Crippen LogP contribution in [0.4, 0.5) is 4.79 Å². The summed E-state index contributed by atoms with van der Waals surface area (Å²) in [7, 11) is 0. The zero-order chi connectivity index (χ0) is 16.9. The fourth-order valence-electron chi connectivity index (χ4n) is 1.78. The van der Waals surface area contributed by atoms with E-state index >= 15 is 0 Å². The summed E-state index contributed by atoms with van der Waals surface area (Å²) >= 11 is 0. The highest BCUT2D eigenvalue weighted by atomic mass is 16.6. The number of amides is 1. The summed E-state index contributed by atoms with van der Waals surface area (Å²) in [6.07, 6.45) is -0.317. The van der Waals surface area contributed by atoms with Crippen LogP contribution < -0.4 is 0 Å². The van der Waals surface area contributed by atoms with Gasteiger partial charge >= 0.3 is 18.0 Å². The molecule has 0 spiro atoms. The largest absolute Gasteiger partial charge is 0.458 e. The van der Waals surface area contributed by atoms with E-state index in [0.717, 1.165) is 0 Å². The second-order valence-corrected chi connectivity index (χ2v) is 6.18. The highest BCUT2D eigenvalue weighted by Crippen LogP contribution is 2.17. The van der Waals surface area contributed by atoms with Gasteiger partial charge in [0.2, 0.25) is 0 Å². The third-order valence-electron chi connectivity index (χ3n) is 2.76. The summed E-state index contributed by atoms with van der Waals surface area (Å²) in [6, 6.07) is 0. The summed E-state index contributed by atoms with van der Waals surface area (Å²) in [4.78, 5) is 36.1. The molecule has 1 aliphatic heterocycles. The molecule has 0 aromatic heterocycles. The lowest BCUT2D eigenvalue weighted by molar-refractivity contribution is -0.160. The fourth-order valence-corrected chi connectivity index (χ4v) is 1.78. The molecule has 7 heteroatoms. The Morgan fingerprint density at radius 3 is 2.45 bits per heavy atom. The molecular weight excluding hydrogens is 290 g/mol. The van der Waals surface area contributed by atoms with Gasteiger partial charge in [0.15, 0.2) is 6.61 Å². The topological polar surface area (TPSA) is 82.1 Å². The molecular formula is C15H23NO6. The van der Waals surface area contributed by atoms with E-state index < -0.39 is 36.3 Å². The Morgan fingerprint density at radius 1 is 1.27 bits per heavy atom. The van der Waals surface area contributed by atoms with Gasteiger partial charge in [0, 0.05) is 18.5 Å². The quantitative estimate of drug-likeness (QED) is 0.446. The second kappa shape index (κ2) is 7.29. The lowest BCUT2D eigenvalue weighted by Crippen LogP contribution is -2.36. The molecule has 1 amide bonds. The number of ether oxygens (including phenoxy) is 3. The van der Waals surface area contributed by atoms with Gasteiger partial charge in [-0.3, -0.25) is 0 Å². The van der Waals surface area contributed by atoms with E-state index in [2.05, 4.69) is 6.58 Å². The fraction of sp³-hybridized carbons (Fsp3) is 0.667. The second-order valence-electron chi connectivity index (χ2n) is 6.18. The Labute approximate surface area is 130 Å². The van der Waals surface area contributed by atoms with Gasteiger partial charge in [-0.1, -0.05) is 6.58 Å². The van der Waals surface area contributed by atoms with E-state index in [9.17, 15) is 14.4 Å². The highest BCUT2D eigenvalue weighted by molar-refractivity contribution is 5.88. The zero-order valence-corrected chi connectivity index (χ0v) is 13.5. The standard InChI is InChI=1S/C15H23NO6/c1-10(2)13(18)20-9-12(17)21-11-6-7-16(8-11)14(19)22-15(3,4)5/h11H,1,6-9H2,2-5H3. The van der Waals surface area contributed by atoms with Crippen molar-refractivity contribution in [2.24, 2.45) is 0 Å². The number of esters is 2. The monoisotopic (exact) mass is 313 g/mol. The molecule has 1 atom stereocenters. The Morgan fingerprint density at radius 2 is 1.91 bits per heavy atom. The van der Waals surface area contributed by atoms with Gasteiger partial charge in [-0.2, -0.15) is 0 Å². The van der Waals surface area contributed by atoms with Crippen molar-refractivity contribution in [3.05, 3.63) is 12.2 Å². The van der Waals surface area contributed by atoms with Gasteiger partial charge in [-0.25, -0.2) is 14.4 Å². The first kappa shape index (κ1) is 18.0. The summed E-state index contributed by atoms with van der Waals surface area (Å²) < 4.78 is 15.1. The van der Waals surface area contributed by atoms with Crippen LogP contribution in [0.15, 0.2) is 12.2 Å². The first-order chi connectivity index (χ1) is 10.1. The molecule has 0 aromatic carbocycles. The molecule has 124 valence electrons. The zero-order valence-electron chi connectivity index (χ0n) is 13.5. The highest BCUT2D eigenvalue weighted by Gasteiger charge is 2.31. The van der Waals surface area contributed by atoms with Crippen molar-refractivity contribution in [1.29, 1.82) is 0 Å². The van der Waals surface area contributed by atoms with Crippen LogP contribution in [0.1, 0.15) is 34.1 Å². The third-order valence-corrected chi connectivity index (χ3v) is 2.76. The van der Waals surface area contributed by atoms with Gasteiger partial charge in [0.05, 0.1) is 6.54 Å². The van der Waals surface area contributed by atoms with E-state index in [1.54, 1.807) is 20.8 Å². The number of hydrogen-bond donors (Lipinski definition) is 0. The molecule has 0 N–H and O–H groups in total. The molecule has 7 nitrogen and oxygen atoms in total. The van der Waals surface area contributed by atoms with Gasteiger partial charge in [-0.05, 0) is 27.7 Å². The molecule has 1 heterocycles. The van der Waals surface area contributed by atoms with Gasteiger partial charge in [0.25, 0.3) is 0 Å². The van der Waals surface area contributed by atoms with E-state index in [4.69, 9.17) is 14.2 Å². The predicted octanol–water partition coefficient (Wildman–Crippen LogP) is 1.66. The van der Waals surface area contributed by atoms with Gasteiger partial charge < -0.3 is 19.1 Å². The maximum absolute atomic E-state index is 11.9. The average Bonchev–Trinajstić information content (AvgIpc) is 2.82. The minimum Gasteiger partial charge on any atom is -0.458 e. The summed E-state index contributed by atoms with van der Waals surface area (Å²) in [5.41, 5.74) is -0.354. The number of likely N-dealkylation sites (tertiary alicyclic amines) is 1. The van der Waals surface area contributed by atoms with Crippen LogP contribution in [0.25, 0.3) is 0 Å². The van der Waals surface area contributed by atoms with Crippen LogP contribution in [0.3, 0.4) is 0 Å². The van der Waals surface area contributed by atoms with Crippen LogP contribution in [0.2, 0.25) is 0 Å². The molecule has 1 unspecified atom stereocenters. The van der Waals surface area contributed by atoms with Crippen molar-refractivity contribution < 1.29 is 28.6 Å². The molecule has 1 saturated heterocycles. The molecule has 1 rings (SSSR count). The minimum absolute atomic E-state index is 0.213. The first-order valence-electron chi connectivity index (χ1n) is 7.08. The molecule has 0 bridgehead atoms. The molecule has 0 radical (unpaired) electrons. The number of hydrogen-bond acceptors (Lipinski definition) is 6.